The minimum absolute atomic E-state index is 0.675. The van der Waals surface area contributed by atoms with E-state index in [-0.39, 0.29) is 0 Å². The van der Waals surface area contributed by atoms with E-state index in [1.165, 1.54) is 0 Å². The molecule has 0 spiro atoms. The second kappa shape index (κ2) is 5.57. The molecule has 0 saturated heterocycles. The maximum absolute atomic E-state index is 10.8. The van der Waals surface area contributed by atoms with Gasteiger partial charge in [-0.05, 0) is 36.2 Å². The van der Waals surface area contributed by atoms with Crippen molar-refractivity contribution in [2.24, 2.45) is 0 Å². The van der Waals surface area contributed by atoms with Gasteiger partial charge in [0.05, 0.1) is 14.2 Å². The van der Waals surface area contributed by atoms with Crippen LogP contribution in [-0.2, 0) is 0 Å². The van der Waals surface area contributed by atoms with Crippen molar-refractivity contribution < 1.29 is 14.3 Å². The second-order valence-electron chi connectivity index (χ2n) is 4.26. The van der Waals surface area contributed by atoms with Gasteiger partial charge in [0.25, 0.3) is 0 Å². The zero-order chi connectivity index (χ0) is 13.8. The van der Waals surface area contributed by atoms with Crippen molar-refractivity contribution in [2.45, 2.75) is 6.92 Å². The Morgan fingerprint density at radius 3 is 2.26 bits per heavy atom. The third-order valence-electron chi connectivity index (χ3n) is 3.09. The smallest absolute Gasteiger partial charge is 0.150 e. The fourth-order valence-corrected chi connectivity index (χ4v) is 2.08. The van der Waals surface area contributed by atoms with Gasteiger partial charge in [0.15, 0.2) is 0 Å². The average Bonchev–Trinajstić information content (AvgIpc) is 2.46. The normalized spacial score (nSPS) is 10.1. The van der Waals surface area contributed by atoms with Crippen LogP contribution in [0.5, 0.6) is 11.5 Å². The molecule has 0 aliphatic heterocycles. The highest BCUT2D eigenvalue weighted by atomic mass is 16.5. The van der Waals surface area contributed by atoms with Crippen molar-refractivity contribution >= 4 is 6.29 Å². The van der Waals surface area contributed by atoms with Crippen LogP contribution in [0.4, 0.5) is 0 Å². The van der Waals surface area contributed by atoms with E-state index in [1.54, 1.807) is 20.3 Å². The molecule has 0 atom stereocenters. The summed E-state index contributed by atoms with van der Waals surface area (Å²) in [5.41, 5.74) is 3.74. The third-order valence-corrected chi connectivity index (χ3v) is 3.09. The molecule has 0 aromatic heterocycles. The molecule has 0 aliphatic carbocycles. The number of carbonyl (C=O) groups is 1. The van der Waals surface area contributed by atoms with Crippen LogP contribution in [0.1, 0.15) is 15.9 Å². The van der Waals surface area contributed by atoms with Gasteiger partial charge in [-0.25, -0.2) is 0 Å². The lowest BCUT2D eigenvalue weighted by molar-refractivity contribution is 0.112. The van der Waals surface area contributed by atoms with Crippen molar-refractivity contribution in [1.82, 2.24) is 0 Å². The van der Waals surface area contributed by atoms with Crippen LogP contribution in [0.2, 0.25) is 0 Å². The van der Waals surface area contributed by atoms with Gasteiger partial charge < -0.3 is 9.47 Å². The molecule has 3 nitrogen and oxygen atoms in total. The molecule has 0 N–H and O–H groups in total. The molecule has 0 amide bonds. The highest BCUT2D eigenvalue weighted by molar-refractivity contribution is 5.80. The Kier molecular flexibility index (Phi) is 3.85. The number of benzene rings is 2. The third kappa shape index (κ3) is 2.60. The molecule has 0 radical (unpaired) electrons. The van der Waals surface area contributed by atoms with Crippen LogP contribution in [-0.4, -0.2) is 20.5 Å². The van der Waals surface area contributed by atoms with Gasteiger partial charge in [0.2, 0.25) is 0 Å². The Morgan fingerprint density at radius 2 is 1.68 bits per heavy atom. The molecule has 2 aromatic rings. The summed E-state index contributed by atoms with van der Waals surface area (Å²) < 4.78 is 10.6. The van der Waals surface area contributed by atoms with Gasteiger partial charge in [-0.1, -0.05) is 12.1 Å². The number of methoxy groups -OCH3 is 2. The Morgan fingerprint density at radius 1 is 0.947 bits per heavy atom. The van der Waals surface area contributed by atoms with Crippen LogP contribution in [0.15, 0.2) is 36.4 Å². The lowest BCUT2D eigenvalue weighted by atomic mass is 9.98. The number of hydrogen-bond donors (Lipinski definition) is 0. The highest BCUT2D eigenvalue weighted by Gasteiger charge is 2.10. The topological polar surface area (TPSA) is 35.5 Å². The van der Waals surface area contributed by atoms with Crippen molar-refractivity contribution in [1.29, 1.82) is 0 Å². The van der Waals surface area contributed by atoms with E-state index >= 15 is 0 Å². The van der Waals surface area contributed by atoms with Crippen LogP contribution < -0.4 is 9.47 Å². The SMILES string of the molecule is COc1ccc(-c2ccc(C=O)cc2C)c(OC)c1. The van der Waals surface area contributed by atoms with E-state index in [0.29, 0.717) is 5.56 Å². The van der Waals surface area contributed by atoms with Crippen molar-refractivity contribution in [3.8, 4) is 22.6 Å². The number of rotatable bonds is 4. The highest BCUT2D eigenvalue weighted by Crippen LogP contribution is 2.35. The fourth-order valence-electron chi connectivity index (χ4n) is 2.08. The summed E-state index contributed by atoms with van der Waals surface area (Å²) >= 11 is 0. The van der Waals surface area contributed by atoms with E-state index in [1.807, 2.05) is 37.3 Å². The first-order chi connectivity index (χ1) is 9.19. The monoisotopic (exact) mass is 256 g/mol. The summed E-state index contributed by atoms with van der Waals surface area (Å²) in [7, 11) is 3.26. The van der Waals surface area contributed by atoms with Crippen LogP contribution in [0.25, 0.3) is 11.1 Å². The van der Waals surface area contributed by atoms with Gasteiger partial charge in [-0.3, -0.25) is 4.79 Å². The van der Waals surface area contributed by atoms with Gasteiger partial charge in [-0.15, -0.1) is 0 Å². The Hall–Kier alpha value is -2.29. The lowest BCUT2D eigenvalue weighted by Crippen LogP contribution is -1.93. The Labute approximate surface area is 112 Å². The second-order valence-corrected chi connectivity index (χ2v) is 4.26. The quantitative estimate of drug-likeness (QED) is 0.785. The van der Waals surface area contributed by atoms with E-state index in [2.05, 4.69) is 0 Å². The summed E-state index contributed by atoms with van der Waals surface area (Å²) in [6.45, 7) is 1.98. The minimum atomic E-state index is 0.675. The molecule has 0 aliphatic rings. The number of ether oxygens (including phenoxy) is 2. The summed E-state index contributed by atoms with van der Waals surface area (Å²) in [4.78, 5) is 10.8. The zero-order valence-electron chi connectivity index (χ0n) is 11.3. The van der Waals surface area contributed by atoms with Gasteiger partial charge in [0, 0.05) is 17.2 Å². The summed E-state index contributed by atoms with van der Waals surface area (Å²) in [5, 5.41) is 0. The Bertz CT molecular complexity index is 603. The predicted molar refractivity (Wildman–Crippen MR) is 75.1 cm³/mol. The first-order valence-electron chi connectivity index (χ1n) is 5.98. The lowest BCUT2D eigenvalue weighted by Gasteiger charge is -2.12. The first kappa shape index (κ1) is 13.1. The van der Waals surface area contributed by atoms with E-state index in [4.69, 9.17) is 9.47 Å². The van der Waals surface area contributed by atoms with Crippen LogP contribution >= 0.6 is 0 Å². The van der Waals surface area contributed by atoms with Gasteiger partial charge >= 0.3 is 0 Å². The van der Waals surface area contributed by atoms with E-state index in [9.17, 15) is 4.79 Å². The molecule has 0 saturated carbocycles. The van der Waals surface area contributed by atoms with Crippen LogP contribution in [0, 0.1) is 6.92 Å². The van der Waals surface area contributed by atoms with Crippen molar-refractivity contribution in [3.63, 3.8) is 0 Å². The minimum Gasteiger partial charge on any atom is -0.497 e. The molecule has 2 aromatic carbocycles. The summed E-state index contributed by atoms with van der Waals surface area (Å²) in [6, 6.07) is 11.3. The maximum Gasteiger partial charge on any atom is 0.150 e. The van der Waals surface area contributed by atoms with Crippen molar-refractivity contribution in [3.05, 3.63) is 47.5 Å². The van der Waals surface area contributed by atoms with Crippen LogP contribution in [0.3, 0.4) is 0 Å². The molecular formula is C16H16O3. The number of carbonyl (C=O) groups excluding carboxylic acids is 1. The molecular weight excluding hydrogens is 240 g/mol. The molecule has 3 heteroatoms. The summed E-state index contributed by atoms with van der Waals surface area (Å²) in [5.74, 6) is 1.50. The molecule has 2 rings (SSSR count). The predicted octanol–water partition coefficient (Wildman–Crippen LogP) is 3.49. The summed E-state index contributed by atoms with van der Waals surface area (Å²) in [6.07, 6.45) is 0.849. The molecule has 0 fully saturated rings. The number of hydrogen-bond acceptors (Lipinski definition) is 3. The molecule has 19 heavy (non-hydrogen) atoms. The number of aldehydes is 1. The first-order valence-corrected chi connectivity index (χ1v) is 5.98. The molecule has 0 bridgehead atoms. The molecule has 98 valence electrons. The van der Waals surface area contributed by atoms with Crippen molar-refractivity contribution in [2.75, 3.05) is 14.2 Å². The number of aryl methyl sites for hydroxylation is 1. The molecule has 0 heterocycles. The standard InChI is InChI=1S/C16H16O3/c1-11-8-12(10-17)4-6-14(11)15-7-5-13(18-2)9-16(15)19-3/h4-10H,1-3H3. The fraction of sp³-hybridized carbons (Fsp3) is 0.188. The van der Waals surface area contributed by atoms with Gasteiger partial charge in [-0.2, -0.15) is 0 Å². The average molecular weight is 256 g/mol. The van der Waals surface area contributed by atoms with E-state index < -0.39 is 0 Å². The Balaban J connectivity index is 2.55. The largest absolute Gasteiger partial charge is 0.497 e. The molecule has 0 unspecified atom stereocenters. The zero-order valence-corrected chi connectivity index (χ0v) is 11.3. The maximum atomic E-state index is 10.8. The van der Waals surface area contributed by atoms with Gasteiger partial charge in [0.1, 0.15) is 17.8 Å². The van der Waals surface area contributed by atoms with E-state index in [0.717, 1.165) is 34.5 Å².